The second-order valence-corrected chi connectivity index (χ2v) is 3.87. The summed E-state index contributed by atoms with van der Waals surface area (Å²) in [5.41, 5.74) is 0.823. The van der Waals surface area contributed by atoms with Crippen molar-refractivity contribution in [1.29, 1.82) is 0 Å². The van der Waals surface area contributed by atoms with E-state index in [1.54, 1.807) is 18.6 Å². The molecule has 0 fully saturated rings. The van der Waals surface area contributed by atoms with Crippen LogP contribution in [0.3, 0.4) is 0 Å². The van der Waals surface area contributed by atoms with Crippen LogP contribution in [0.5, 0.6) is 0 Å². The minimum Gasteiger partial charge on any atom is -0.253 e. The molecule has 6 heteroatoms. The van der Waals surface area contributed by atoms with Gasteiger partial charge in [0.2, 0.25) is 5.70 Å². The fourth-order valence-corrected chi connectivity index (χ4v) is 2.31. The Morgan fingerprint density at radius 1 is 1.42 bits per heavy atom. The summed E-state index contributed by atoms with van der Waals surface area (Å²) in [7, 11) is 0. The second kappa shape index (κ2) is 2.59. The summed E-state index contributed by atoms with van der Waals surface area (Å²) in [6.07, 6.45) is 5.07. The molecule has 12 heavy (non-hydrogen) atoms. The maximum Gasteiger partial charge on any atom is 0.301 e. The first-order chi connectivity index (χ1) is 5.64. The molecular formula is C6H5Br2N4+. The third kappa shape index (κ3) is 0.957. The molecule has 0 aromatic rings. The summed E-state index contributed by atoms with van der Waals surface area (Å²) in [6, 6.07) is 0. The van der Waals surface area contributed by atoms with Crippen molar-refractivity contribution in [3.05, 3.63) is 22.7 Å². The van der Waals surface area contributed by atoms with E-state index in [2.05, 4.69) is 41.8 Å². The molecule has 0 radical (unpaired) electrons. The summed E-state index contributed by atoms with van der Waals surface area (Å²) in [5, 5.41) is 0. The van der Waals surface area contributed by atoms with Crippen LogP contribution < -0.4 is 5.84 Å². The number of fused-ring (bicyclic) bond motifs is 1. The molecule has 2 N–H and O–H groups in total. The molecule has 2 heterocycles. The van der Waals surface area contributed by atoms with E-state index in [0.717, 1.165) is 5.70 Å². The highest BCUT2D eigenvalue weighted by atomic mass is 79.9. The fourth-order valence-electron chi connectivity index (χ4n) is 1.02. The Kier molecular flexibility index (Phi) is 1.80. The lowest BCUT2D eigenvalue weighted by molar-refractivity contribution is -0.746. The predicted molar refractivity (Wildman–Crippen MR) is 54.4 cm³/mol. The lowest BCUT2D eigenvalue weighted by Gasteiger charge is -2.22. The number of hydrogen-bond donors (Lipinski definition) is 1. The van der Waals surface area contributed by atoms with Gasteiger partial charge in [0.1, 0.15) is 6.20 Å². The molecule has 0 spiro atoms. The number of amidine groups is 1. The minimum atomic E-state index is 0.0596. The van der Waals surface area contributed by atoms with Crippen LogP contribution in [0.2, 0.25) is 0 Å². The first kappa shape index (κ1) is 8.31. The van der Waals surface area contributed by atoms with E-state index in [-0.39, 0.29) is 4.59 Å². The largest absolute Gasteiger partial charge is 0.301 e. The van der Waals surface area contributed by atoms with Gasteiger partial charge in [0.15, 0.2) is 4.61 Å². The normalized spacial score (nSPS) is 32.4. The highest BCUT2D eigenvalue weighted by Gasteiger charge is 2.41. The van der Waals surface area contributed by atoms with E-state index < -0.39 is 0 Å². The van der Waals surface area contributed by atoms with Crippen molar-refractivity contribution < 1.29 is 4.59 Å². The van der Waals surface area contributed by atoms with Gasteiger partial charge < -0.3 is 0 Å². The molecule has 62 valence electrons. The maximum absolute atomic E-state index is 5.99. The molecule has 2 aliphatic rings. The van der Waals surface area contributed by atoms with Crippen LogP contribution in [0.15, 0.2) is 32.7 Å². The molecular weight excluding hydrogens is 288 g/mol. The van der Waals surface area contributed by atoms with Gasteiger partial charge in [0.05, 0.1) is 12.4 Å². The molecule has 2 rings (SSSR count). The van der Waals surface area contributed by atoms with Crippen LogP contribution >= 0.6 is 31.9 Å². The van der Waals surface area contributed by atoms with Crippen molar-refractivity contribution in [1.82, 2.24) is 0 Å². The van der Waals surface area contributed by atoms with Gasteiger partial charge in [-0.1, -0.05) is 0 Å². The molecule has 0 aromatic heterocycles. The minimum absolute atomic E-state index is 0.0596. The van der Waals surface area contributed by atoms with Crippen LogP contribution in [-0.4, -0.2) is 15.6 Å². The van der Waals surface area contributed by atoms with Crippen LogP contribution in [0.25, 0.3) is 0 Å². The monoisotopic (exact) mass is 291 g/mol. The number of rotatable bonds is 0. The molecule has 4 nitrogen and oxygen atoms in total. The van der Waals surface area contributed by atoms with Gasteiger partial charge >= 0.3 is 4.74 Å². The van der Waals surface area contributed by atoms with Gasteiger partial charge in [-0.05, 0) is 15.9 Å². The number of nitrogens with zero attached hydrogens (tertiary/aromatic N) is 3. The third-order valence-corrected chi connectivity index (χ3v) is 3.04. The number of halogens is 2. The number of aliphatic imine (C=N–C) groups is 2. The molecule has 0 saturated heterocycles. The number of allylic oxidation sites excluding steroid dienone is 1. The van der Waals surface area contributed by atoms with Gasteiger partial charge in [-0.3, -0.25) is 4.99 Å². The Morgan fingerprint density at radius 2 is 2.17 bits per heavy atom. The SMILES string of the molecule is N[N+]12C=CN=CC1=C(Br)N=C2Br. The Balaban J connectivity index is 2.60. The summed E-state index contributed by atoms with van der Waals surface area (Å²) in [5.74, 6) is 5.99. The summed E-state index contributed by atoms with van der Waals surface area (Å²) in [4.78, 5) is 8.11. The second-order valence-electron chi connectivity index (χ2n) is 2.41. The Hall–Kier alpha value is -0.300. The number of nitrogens with two attached hydrogens (primary N) is 1. The molecule has 1 unspecified atom stereocenters. The molecule has 2 aliphatic heterocycles. The van der Waals surface area contributed by atoms with E-state index in [0.29, 0.717) is 9.35 Å². The summed E-state index contributed by atoms with van der Waals surface area (Å²) < 4.78 is 1.42. The Bertz CT molecular complexity index is 355. The van der Waals surface area contributed by atoms with Crippen molar-refractivity contribution in [3.63, 3.8) is 0 Å². The van der Waals surface area contributed by atoms with E-state index >= 15 is 0 Å². The molecule has 1 atom stereocenters. The third-order valence-electron chi connectivity index (χ3n) is 1.69. The quantitative estimate of drug-likeness (QED) is 0.411. The van der Waals surface area contributed by atoms with E-state index in [4.69, 9.17) is 5.84 Å². The topological polar surface area (TPSA) is 50.7 Å². The average molecular weight is 293 g/mol. The number of hydrogen-bond acceptors (Lipinski definition) is 3. The van der Waals surface area contributed by atoms with Crippen LogP contribution in [-0.2, 0) is 0 Å². The highest BCUT2D eigenvalue weighted by molar-refractivity contribution is 9.18. The van der Waals surface area contributed by atoms with Crippen molar-refractivity contribution in [2.75, 3.05) is 0 Å². The van der Waals surface area contributed by atoms with E-state index in [1.165, 1.54) is 0 Å². The summed E-state index contributed by atoms with van der Waals surface area (Å²) in [6.45, 7) is 0. The fraction of sp³-hybridized carbons (Fsp3) is 0. The lowest BCUT2D eigenvalue weighted by Crippen LogP contribution is -2.50. The van der Waals surface area contributed by atoms with Crippen molar-refractivity contribution in [3.8, 4) is 0 Å². The lowest BCUT2D eigenvalue weighted by atomic mass is 10.4. The smallest absolute Gasteiger partial charge is 0.253 e. The maximum atomic E-state index is 5.99. The molecule has 0 bridgehead atoms. The zero-order valence-electron chi connectivity index (χ0n) is 5.91. The molecule has 0 aromatic carbocycles. The van der Waals surface area contributed by atoms with Gasteiger partial charge in [0.25, 0.3) is 0 Å². The van der Waals surface area contributed by atoms with Crippen LogP contribution in [0, 0.1) is 0 Å². The molecule has 0 aliphatic carbocycles. The van der Waals surface area contributed by atoms with Gasteiger partial charge in [-0.15, -0.1) is 4.59 Å². The average Bonchev–Trinajstić information content (AvgIpc) is 2.25. The van der Waals surface area contributed by atoms with Gasteiger partial charge in [-0.2, -0.15) is 10.8 Å². The van der Waals surface area contributed by atoms with Crippen LogP contribution in [0.4, 0.5) is 0 Å². The zero-order valence-corrected chi connectivity index (χ0v) is 9.08. The molecule has 0 saturated carbocycles. The summed E-state index contributed by atoms with van der Waals surface area (Å²) >= 11 is 6.59. The van der Waals surface area contributed by atoms with E-state index in [1.807, 2.05) is 0 Å². The van der Waals surface area contributed by atoms with Gasteiger partial charge in [-0.25, -0.2) is 0 Å². The Morgan fingerprint density at radius 3 is 2.83 bits per heavy atom. The van der Waals surface area contributed by atoms with Crippen LogP contribution in [0.1, 0.15) is 0 Å². The zero-order chi connectivity index (χ0) is 8.77. The van der Waals surface area contributed by atoms with Crippen molar-refractivity contribution >= 4 is 42.8 Å². The first-order valence-corrected chi connectivity index (χ1v) is 4.76. The van der Waals surface area contributed by atoms with Gasteiger partial charge in [0, 0.05) is 15.9 Å². The molecule has 0 amide bonds. The standard InChI is InChI=1S/C6H5Br2N4/c7-5-4-3-10-1-2-12(4,9)6(8)11-5/h1-3H,9H2/q+1. The van der Waals surface area contributed by atoms with Crippen molar-refractivity contribution in [2.24, 2.45) is 15.8 Å². The highest BCUT2D eigenvalue weighted by Crippen LogP contribution is 2.32. The van der Waals surface area contributed by atoms with Crippen molar-refractivity contribution in [2.45, 2.75) is 0 Å². The predicted octanol–water partition coefficient (Wildman–Crippen LogP) is 1.56. The van der Waals surface area contributed by atoms with E-state index in [9.17, 15) is 0 Å². The number of quaternary nitrogens is 1. The first-order valence-electron chi connectivity index (χ1n) is 3.18. The Labute approximate surface area is 86.0 Å².